The summed E-state index contributed by atoms with van der Waals surface area (Å²) in [5.74, 6) is -0.524. The van der Waals surface area contributed by atoms with Gasteiger partial charge in [0.15, 0.2) is 0 Å². The van der Waals surface area contributed by atoms with Crippen molar-refractivity contribution < 1.29 is 9.18 Å². The molecule has 3 nitrogen and oxygen atoms in total. The first-order chi connectivity index (χ1) is 8.65. The van der Waals surface area contributed by atoms with Gasteiger partial charge in [-0.15, -0.1) is 0 Å². The lowest BCUT2D eigenvalue weighted by molar-refractivity contribution is -0.120. The molecule has 2 aliphatic heterocycles. The summed E-state index contributed by atoms with van der Waals surface area (Å²) in [5, 5.41) is 6.11. The summed E-state index contributed by atoms with van der Waals surface area (Å²) in [6.07, 6.45) is 3.06. The Morgan fingerprint density at radius 3 is 2.89 bits per heavy atom. The van der Waals surface area contributed by atoms with Crippen LogP contribution in [-0.2, 0) is 4.79 Å². The molecule has 1 amide bonds. The van der Waals surface area contributed by atoms with E-state index in [-0.39, 0.29) is 23.6 Å². The van der Waals surface area contributed by atoms with Crippen LogP contribution in [0, 0.1) is 11.7 Å². The van der Waals surface area contributed by atoms with Gasteiger partial charge in [0.1, 0.15) is 5.82 Å². The van der Waals surface area contributed by atoms with Crippen LogP contribution >= 0.6 is 15.9 Å². The number of fused-ring (bicyclic) bond motifs is 2. The smallest absolute Gasteiger partial charge is 0.229 e. The lowest BCUT2D eigenvalue weighted by Gasteiger charge is -2.20. The Balaban J connectivity index is 1.75. The van der Waals surface area contributed by atoms with Crippen LogP contribution in [0.5, 0.6) is 0 Å². The van der Waals surface area contributed by atoms with E-state index < -0.39 is 5.82 Å². The normalized spacial score (nSPS) is 29.6. The standard InChI is InChI=1S/C13H14BrFN2O/c14-9-2-1-3-10(15)12(9)17-13(18)8-6-7-4-5-11(8)16-7/h1-3,7-8,11,16H,4-6H2,(H,17,18). The lowest BCUT2D eigenvalue weighted by atomic mass is 9.88. The molecule has 3 atom stereocenters. The van der Waals surface area contributed by atoms with Crippen molar-refractivity contribution in [1.82, 2.24) is 5.32 Å². The van der Waals surface area contributed by atoms with E-state index in [0.717, 1.165) is 19.3 Å². The van der Waals surface area contributed by atoms with Gasteiger partial charge in [-0.25, -0.2) is 4.39 Å². The summed E-state index contributed by atoms with van der Waals surface area (Å²) in [6, 6.07) is 5.40. The highest BCUT2D eigenvalue weighted by molar-refractivity contribution is 9.10. The molecule has 2 N–H and O–H groups in total. The Bertz CT molecular complexity index is 474. The zero-order chi connectivity index (χ0) is 12.7. The molecule has 0 radical (unpaired) electrons. The number of halogens is 2. The summed E-state index contributed by atoms with van der Waals surface area (Å²) < 4.78 is 14.2. The zero-order valence-electron chi connectivity index (χ0n) is 9.75. The topological polar surface area (TPSA) is 41.1 Å². The van der Waals surface area contributed by atoms with Crippen molar-refractivity contribution in [1.29, 1.82) is 0 Å². The molecule has 0 saturated carbocycles. The maximum absolute atomic E-state index is 13.6. The van der Waals surface area contributed by atoms with E-state index in [1.165, 1.54) is 6.07 Å². The Labute approximate surface area is 113 Å². The van der Waals surface area contributed by atoms with Gasteiger partial charge in [-0.2, -0.15) is 0 Å². The number of carbonyl (C=O) groups is 1. The van der Waals surface area contributed by atoms with Crippen LogP contribution in [-0.4, -0.2) is 18.0 Å². The van der Waals surface area contributed by atoms with Crippen LogP contribution in [0.3, 0.4) is 0 Å². The quantitative estimate of drug-likeness (QED) is 0.881. The van der Waals surface area contributed by atoms with Crippen molar-refractivity contribution >= 4 is 27.5 Å². The van der Waals surface area contributed by atoms with Crippen LogP contribution in [0.15, 0.2) is 22.7 Å². The molecule has 2 aliphatic rings. The van der Waals surface area contributed by atoms with Crippen molar-refractivity contribution in [2.24, 2.45) is 5.92 Å². The van der Waals surface area contributed by atoms with Crippen molar-refractivity contribution in [3.05, 3.63) is 28.5 Å². The van der Waals surface area contributed by atoms with Crippen molar-refractivity contribution in [2.75, 3.05) is 5.32 Å². The minimum Gasteiger partial charge on any atom is -0.322 e. The molecule has 5 heteroatoms. The van der Waals surface area contributed by atoms with E-state index in [1.54, 1.807) is 12.1 Å². The van der Waals surface area contributed by atoms with Gasteiger partial charge in [0.25, 0.3) is 0 Å². The molecule has 2 bridgehead atoms. The first-order valence-electron chi connectivity index (χ1n) is 6.16. The molecule has 3 unspecified atom stereocenters. The lowest BCUT2D eigenvalue weighted by Crippen LogP contribution is -2.33. The van der Waals surface area contributed by atoms with Crippen LogP contribution in [0.1, 0.15) is 19.3 Å². The molecule has 18 heavy (non-hydrogen) atoms. The molecule has 0 aromatic heterocycles. The molecule has 96 valence electrons. The van der Waals surface area contributed by atoms with Gasteiger partial charge in [-0.1, -0.05) is 6.07 Å². The Morgan fingerprint density at radius 2 is 2.28 bits per heavy atom. The maximum Gasteiger partial charge on any atom is 0.229 e. The molecule has 2 saturated heterocycles. The number of carbonyl (C=O) groups excluding carboxylic acids is 1. The highest BCUT2D eigenvalue weighted by atomic mass is 79.9. The second-order valence-corrected chi connectivity index (χ2v) is 5.83. The number of hydrogen-bond acceptors (Lipinski definition) is 2. The van der Waals surface area contributed by atoms with Crippen molar-refractivity contribution in [3.8, 4) is 0 Å². The summed E-state index contributed by atoms with van der Waals surface area (Å²) in [7, 11) is 0. The first kappa shape index (κ1) is 12.1. The number of benzene rings is 1. The predicted octanol–water partition coefficient (Wildman–Crippen LogP) is 2.67. The van der Waals surface area contributed by atoms with Gasteiger partial charge in [-0.05, 0) is 47.3 Å². The monoisotopic (exact) mass is 312 g/mol. The fourth-order valence-corrected chi connectivity index (χ4v) is 3.39. The molecule has 0 spiro atoms. The summed E-state index contributed by atoms with van der Waals surface area (Å²) in [5.41, 5.74) is 0.241. The average molecular weight is 313 g/mol. The minimum atomic E-state index is -0.408. The van der Waals surface area contributed by atoms with Gasteiger partial charge in [0.05, 0.1) is 11.6 Å². The van der Waals surface area contributed by atoms with E-state index in [4.69, 9.17) is 0 Å². The molecule has 2 fully saturated rings. The Hall–Kier alpha value is -0.940. The van der Waals surface area contributed by atoms with Crippen LogP contribution in [0.4, 0.5) is 10.1 Å². The fraction of sp³-hybridized carbons (Fsp3) is 0.462. The third-order valence-electron chi connectivity index (χ3n) is 3.85. The second kappa shape index (κ2) is 4.63. The molecular formula is C13H14BrFN2O. The molecule has 3 rings (SSSR count). The van der Waals surface area contributed by atoms with Crippen molar-refractivity contribution in [2.45, 2.75) is 31.3 Å². The summed E-state index contributed by atoms with van der Waals surface area (Å²) in [6.45, 7) is 0. The molecule has 1 aromatic carbocycles. The third kappa shape index (κ3) is 2.06. The van der Waals surface area contributed by atoms with Crippen LogP contribution in [0.2, 0.25) is 0 Å². The van der Waals surface area contributed by atoms with E-state index >= 15 is 0 Å². The largest absolute Gasteiger partial charge is 0.322 e. The van der Waals surface area contributed by atoms with Crippen LogP contribution in [0.25, 0.3) is 0 Å². The SMILES string of the molecule is O=C(Nc1c(F)cccc1Br)C1CC2CCC1N2. The number of nitrogens with one attached hydrogen (secondary N) is 2. The number of para-hydroxylation sites is 1. The third-order valence-corrected chi connectivity index (χ3v) is 4.51. The van der Waals surface area contributed by atoms with E-state index in [9.17, 15) is 9.18 Å². The Morgan fingerprint density at radius 1 is 1.44 bits per heavy atom. The second-order valence-electron chi connectivity index (χ2n) is 4.98. The highest BCUT2D eigenvalue weighted by Gasteiger charge is 2.42. The molecule has 1 aromatic rings. The summed E-state index contributed by atoms with van der Waals surface area (Å²) in [4.78, 5) is 12.2. The number of hydrogen-bond donors (Lipinski definition) is 2. The number of anilines is 1. The van der Waals surface area contributed by atoms with E-state index in [1.807, 2.05) is 0 Å². The van der Waals surface area contributed by atoms with Gasteiger partial charge in [0.2, 0.25) is 5.91 Å². The Kier molecular flexibility index (Phi) is 3.11. The van der Waals surface area contributed by atoms with Crippen LogP contribution < -0.4 is 10.6 Å². The predicted molar refractivity (Wildman–Crippen MR) is 70.8 cm³/mol. The van der Waals surface area contributed by atoms with Gasteiger partial charge in [0, 0.05) is 16.6 Å². The van der Waals surface area contributed by atoms with Gasteiger partial charge < -0.3 is 10.6 Å². The van der Waals surface area contributed by atoms with E-state index in [2.05, 4.69) is 26.6 Å². The average Bonchev–Trinajstić information content (AvgIpc) is 2.96. The molecule has 2 heterocycles. The molecule has 0 aliphatic carbocycles. The zero-order valence-corrected chi connectivity index (χ0v) is 11.3. The van der Waals surface area contributed by atoms with E-state index in [0.29, 0.717) is 10.5 Å². The fourth-order valence-electron chi connectivity index (χ4n) is 2.95. The number of rotatable bonds is 2. The van der Waals surface area contributed by atoms with Crippen molar-refractivity contribution in [3.63, 3.8) is 0 Å². The van der Waals surface area contributed by atoms with Gasteiger partial charge >= 0.3 is 0 Å². The summed E-state index contributed by atoms with van der Waals surface area (Å²) >= 11 is 3.25. The first-order valence-corrected chi connectivity index (χ1v) is 6.95. The maximum atomic E-state index is 13.6. The molecular weight excluding hydrogens is 299 g/mol. The highest BCUT2D eigenvalue weighted by Crippen LogP contribution is 2.34. The minimum absolute atomic E-state index is 0.0322. The van der Waals surface area contributed by atoms with Gasteiger partial charge in [-0.3, -0.25) is 4.79 Å². The number of amides is 1.